The second-order valence-electron chi connectivity index (χ2n) is 9.03. The molecule has 1 aromatic heterocycles. The first-order valence-corrected chi connectivity index (χ1v) is 11.0. The van der Waals surface area contributed by atoms with Crippen molar-refractivity contribution < 1.29 is 10.2 Å². The maximum absolute atomic E-state index is 12.7. The molecule has 1 fully saturated rings. The molecule has 3 aromatic rings. The number of aromatic hydroxyl groups is 2. The van der Waals surface area contributed by atoms with Crippen LogP contribution in [0.4, 0.5) is 0 Å². The van der Waals surface area contributed by atoms with Gasteiger partial charge < -0.3 is 10.2 Å². The molecule has 0 radical (unpaired) electrons. The van der Waals surface area contributed by atoms with E-state index in [1.54, 1.807) is 6.07 Å². The van der Waals surface area contributed by atoms with Gasteiger partial charge in [0, 0.05) is 12.1 Å². The molecule has 1 aliphatic carbocycles. The lowest BCUT2D eigenvalue weighted by Crippen LogP contribution is -2.33. The van der Waals surface area contributed by atoms with E-state index in [4.69, 9.17) is 0 Å². The predicted molar refractivity (Wildman–Crippen MR) is 119 cm³/mol. The lowest BCUT2D eigenvalue weighted by Gasteiger charge is -2.22. The summed E-state index contributed by atoms with van der Waals surface area (Å²) >= 11 is 0. The number of rotatable bonds is 4. The minimum Gasteiger partial charge on any atom is -0.508 e. The highest BCUT2D eigenvalue weighted by molar-refractivity contribution is 5.69. The highest BCUT2D eigenvalue weighted by Gasteiger charge is 2.29. The minimum absolute atomic E-state index is 0.0335. The number of phenolic OH excluding ortho intramolecular Hbond substituents is 2. The van der Waals surface area contributed by atoms with E-state index in [0.717, 1.165) is 18.5 Å². The Balaban J connectivity index is 1.55. The molecule has 162 valence electrons. The molecule has 7 heteroatoms. The standard InChI is InChI=1S/C24H28N4O3/c1-14(2)19-12-20(22(30)13-21(19)29)23-25-26-24(31)28(23)17-6-5-15-9-18(11-16(15)10-17)27-7-3-4-8-27/h5-6,10,12-14,18,29-30H,3-4,7-9,11H2,1-2H3,(H,26,31). The van der Waals surface area contributed by atoms with Gasteiger partial charge in [-0.25, -0.2) is 14.5 Å². The van der Waals surface area contributed by atoms with E-state index >= 15 is 0 Å². The second-order valence-corrected chi connectivity index (χ2v) is 9.03. The van der Waals surface area contributed by atoms with Gasteiger partial charge in [-0.2, -0.15) is 5.10 Å². The zero-order valence-electron chi connectivity index (χ0n) is 17.9. The van der Waals surface area contributed by atoms with Gasteiger partial charge in [0.15, 0.2) is 5.82 Å². The van der Waals surface area contributed by atoms with Crippen LogP contribution >= 0.6 is 0 Å². The zero-order chi connectivity index (χ0) is 21.7. The predicted octanol–water partition coefficient (Wildman–Crippen LogP) is 3.33. The topological polar surface area (TPSA) is 94.4 Å². The smallest absolute Gasteiger partial charge is 0.348 e. The molecule has 2 aliphatic rings. The molecular formula is C24H28N4O3. The summed E-state index contributed by atoms with van der Waals surface area (Å²) in [6.45, 7) is 6.28. The lowest BCUT2D eigenvalue weighted by atomic mass is 9.98. The van der Waals surface area contributed by atoms with E-state index < -0.39 is 0 Å². The van der Waals surface area contributed by atoms with Gasteiger partial charge in [-0.15, -0.1) is 0 Å². The molecule has 31 heavy (non-hydrogen) atoms. The monoisotopic (exact) mass is 420 g/mol. The molecule has 5 rings (SSSR count). The van der Waals surface area contributed by atoms with Gasteiger partial charge >= 0.3 is 5.69 Å². The summed E-state index contributed by atoms with van der Waals surface area (Å²) in [5.41, 5.74) is 4.09. The van der Waals surface area contributed by atoms with Crippen molar-refractivity contribution in [2.24, 2.45) is 0 Å². The van der Waals surface area contributed by atoms with E-state index in [2.05, 4.69) is 27.2 Å². The number of hydrogen-bond acceptors (Lipinski definition) is 5. The number of aromatic nitrogens is 3. The fourth-order valence-corrected chi connectivity index (χ4v) is 5.04. The zero-order valence-corrected chi connectivity index (χ0v) is 17.9. The van der Waals surface area contributed by atoms with Crippen molar-refractivity contribution in [3.05, 3.63) is 57.5 Å². The Bertz CT molecular complexity index is 1190. The van der Waals surface area contributed by atoms with Crippen LogP contribution in [-0.2, 0) is 12.8 Å². The van der Waals surface area contributed by atoms with Crippen LogP contribution in [0.3, 0.4) is 0 Å². The van der Waals surface area contributed by atoms with Crippen molar-refractivity contribution in [3.63, 3.8) is 0 Å². The Morgan fingerprint density at radius 2 is 1.77 bits per heavy atom. The summed E-state index contributed by atoms with van der Waals surface area (Å²) in [5, 5.41) is 27.4. The van der Waals surface area contributed by atoms with Crippen LogP contribution in [0.15, 0.2) is 35.1 Å². The average molecular weight is 421 g/mol. The van der Waals surface area contributed by atoms with Crippen LogP contribution in [0.1, 0.15) is 49.3 Å². The van der Waals surface area contributed by atoms with Crippen molar-refractivity contribution in [2.75, 3.05) is 13.1 Å². The number of aromatic amines is 1. The maximum Gasteiger partial charge on any atom is 0.348 e. The van der Waals surface area contributed by atoms with E-state index in [0.29, 0.717) is 23.0 Å². The molecule has 0 spiro atoms. The third kappa shape index (κ3) is 3.43. The van der Waals surface area contributed by atoms with Crippen LogP contribution in [0, 0.1) is 0 Å². The first-order chi connectivity index (χ1) is 14.9. The van der Waals surface area contributed by atoms with Crippen molar-refractivity contribution >= 4 is 0 Å². The van der Waals surface area contributed by atoms with E-state index in [1.165, 1.54) is 47.7 Å². The van der Waals surface area contributed by atoms with E-state index in [1.807, 2.05) is 19.9 Å². The number of phenols is 2. The molecule has 1 aliphatic heterocycles. The largest absolute Gasteiger partial charge is 0.508 e. The van der Waals surface area contributed by atoms with Gasteiger partial charge in [-0.1, -0.05) is 19.9 Å². The van der Waals surface area contributed by atoms with Gasteiger partial charge in [0.2, 0.25) is 0 Å². The molecule has 0 saturated carbocycles. The minimum atomic E-state index is -0.359. The fraction of sp³-hybridized carbons (Fsp3) is 0.417. The Kier molecular flexibility index (Phi) is 4.85. The van der Waals surface area contributed by atoms with E-state index in [9.17, 15) is 15.0 Å². The number of nitrogens with one attached hydrogen (secondary N) is 1. The Morgan fingerprint density at radius 1 is 1.03 bits per heavy atom. The molecule has 0 amide bonds. The fourth-order valence-electron chi connectivity index (χ4n) is 5.04. The maximum atomic E-state index is 12.7. The number of H-pyrrole nitrogens is 1. The summed E-state index contributed by atoms with van der Waals surface area (Å²) in [4.78, 5) is 15.3. The normalized spacial score (nSPS) is 18.7. The third-order valence-electron chi connectivity index (χ3n) is 6.70. The SMILES string of the molecule is CC(C)c1cc(-c2n[nH]c(=O)n2-c2ccc3c(c2)CC(N2CCCC2)C3)c(O)cc1O. The highest BCUT2D eigenvalue weighted by atomic mass is 16.3. The molecule has 1 saturated heterocycles. The molecule has 3 N–H and O–H groups in total. The molecule has 7 nitrogen and oxygen atoms in total. The van der Waals surface area contributed by atoms with Crippen molar-refractivity contribution in [2.45, 2.75) is 51.5 Å². The molecular weight excluding hydrogens is 392 g/mol. The number of benzene rings is 2. The lowest BCUT2D eigenvalue weighted by molar-refractivity contribution is 0.250. The molecule has 1 unspecified atom stereocenters. The summed E-state index contributed by atoms with van der Waals surface area (Å²) in [6, 6.07) is 9.71. The Labute approximate surface area is 181 Å². The number of fused-ring (bicyclic) bond motifs is 1. The van der Waals surface area contributed by atoms with Crippen LogP contribution in [0.2, 0.25) is 0 Å². The quantitative estimate of drug-likeness (QED) is 0.602. The summed E-state index contributed by atoms with van der Waals surface area (Å²) in [7, 11) is 0. The van der Waals surface area contributed by atoms with Crippen molar-refractivity contribution in [1.29, 1.82) is 0 Å². The van der Waals surface area contributed by atoms with Crippen LogP contribution < -0.4 is 5.69 Å². The summed E-state index contributed by atoms with van der Waals surface area (Å²) in [6.07, 6.45) is 4.60. The average Bonchev–Trinajstić information content (AvgIpc) is 3.46. The van der Waals surface area contributed by atoms with Crippen LogP contribution in [-0.4, -0.2) is 49.0 Å². The summed E-state index contributed by atoms with van der Waals surface area (Å²) in [5.74, 6) is 0.308. The first kappa shape index (κ1) is 19.9. The summed E-state index contributed by atoms with van der Waals surface area (Å²) < 4.78 is 1.50. The number of nitrogens with zero attached hydrogens (tertiary/aromatic N) is 3. The van der Waals surface area contributed by atoms with Crippen LogP contribution in [0.5, 0.6) is 11.5 Å². The van der Waals surface area contributed by atoms with Gasteiger partial charge in [0.25, 0.3) is 0 Å². The van der Waals surface area contributed by atoms with Gasteiger partial charge in [-0.3, -0.25) is 4.90 Å². The Hall–Kier alpha value is -3.06. The van der Waals surface area contributed by atoms with Gasteiger partial charge in [0.05, 0.1) is 11.3 Å². The molecule has 2 aromatic carbocycles. The molecule has 0 bridgehead atoms. The molecule has 1 atom stereocenters. The molecule has 2 heterocycles. The first-order valence-electron chi connectivity index (χ1n) is 11.0. The number of hydrogen-bond donors (Lipinski definition) is 3. The Morgan fingerprint density at radius 3 is 2.52 bits per heavy atom. The second kappa shape index (κ2) is 7.57. The van der Waals surface area contributed by atoms with Gasteiger partial charge in [0.1, 0.15) is 11.5 Å². The van der Waals surface area contributed by atoms with Crippen molar-refractivity contribution in [3.8, 4) is 28.6 Å². The van der Waals surface area contributed by atoms with Crippen molar-refractivity contribution in [1.82, 2.24) is 19.7 Å². The van der Waals surface area contributed by atoms with E-state index in [-0.39, 0.29) is 23.1 Å². The highest BCUT2D eigenvalue weighted by Crippen LogP contribution is 2.37. The van der Waals surface area contributed by atoms with Gasteiger partial charge in [-0.05, 0) is 79.6 Å². The number of likely N-dealkylation sites (tertiary alicyclic amines) is 1. The third-order valence-corrected chi connectivity index (χ3v) is 6.70. The van der Waals surface area contributed by atoms with Crippen LogP contribution in [0.25, 0.3) is 17.1 Å².